The Labute approximate surface area is 216 Å². The molecule has 37 heavy (non-hydrogen) atoms. The summed E-state index contributed by atoms with van der Waals surface area (Å²) in [6, 6.07) is 16.3. The first-order valence-electron chi connectivity index (χ1n) is 10.8. The van der Waals surface area contributed by atoms with Gasteiger partial charge in [-0.15, -0.1) is 0 Å². The fourth-order valence-corrected chi connectivity index (χ4v) is 3.46. The number of aromatic carboxylic acids is 1. The highest BCUT2D eigenvalue weighted by molar-refractivity contribution is 6.32. The van der Waals surface area contributed by atoms with E-state index in [4.69, 9.17) is 26.2 Å². The lowest BCUT2D eigenvalue weighted by atomic mass is 10.1. The molecule has 0 radical (unpaired) electrons. The van der Waals surface area contributed by atoms with Crippen molar-refractivity contribution in [2.75, 3.05) is 11.9 Å². The maximum atomic E-state index is 12.6. The highest BCUT2D eigenvalue weighted by atomic mass is 35.5. The van der Waals surface area contributed by atoms with E-state index < -0.39 is 16.8 Å². The zero-order valence-electron chi connectivity index (χ0n) is 19.4. The van der Waals surface area contributed by atoms with Crippen molar-refractivity contribution in [3.63, 3.8) is 0 Å². The van der Waals surface area contributed by atoms with Gasteiger partial charge in [-0.3, -0.25) is 14.9 Å². The molecule has 2 N–H and O–H groups in total. The van der Waals surface area contributed by atoms with E-state index in [0.29, 0.717) is 11.1 Å². The molecular weight excluding hydrogens is 502 g/mol. The molecule has 0 saturated heterocycles. The fraction of sp³-hybridized carbons (Fsp3) is 0.115. The van der Waals surface area contributed by atoms with Crippen molar-refractivity contribution in [1.29, 1.82) is 5.26 Å². The number of carbonyl (C=O) groups excluding carboxylic acids is 1. The van der Waals surface area contributed by atoms with Crippen molar-refractivity contribution < 1.29 is 29.1 Å². The highest BCUT2D eigenvalue weighted by Crippen LogP contribution is 2.38. The largest absolute Gasteiger partial charge is 0.490 e. The van der Waals surface area contributed by atoms with Crippen LogP contribution in [0.1, 0.15) is 28.4 Å². The Hall–Kier alpha value is -4.88. The molecule has 0 heterocycles. The van der Waals surface area contributed by atoms with Gasteiger partial charge < -0.3 is 19.9 Å². The van der Waals surface area contributed by atoms with Crippen molar-refractivity contribution in [3.05, 3.63) is 98.1 Å². The minimum atomic E-state index is -1.15. The zero-order valence-corrected chi connectivity index (χ0v) is 20.2. The number of ether oxygens (including phenoxy) is 2. The predicted octanol–water partition coefficient (Wildman–Crippen LogP) is 5.47. The van der Waals surface area contributed by atoms with Gasteiger partial charge in [-0.05, 0) is 66.6 Å². The summed E-state index contributed by atoms with van der Waals surface area (Å²) in [5.74, 6) is -1.39. The molecule has 0 spiro atoms. The van der Waals surface area contributed by atoms with Crippen LogP contribution in [0.5, 0.6) is 11.5 Å². The van der Waals surface area contributed by atoms with Crippen molar-refractivity contribution in [3.8, 4) is 17.6 Å². The Balaban J connectivity index is 1.82. The highest BCUT2D eigenvalue weighted by Gasteiger charge is 2.16. The second-order valence-electron chi connectivity index (χ2n) is 7.49. The molecule has 0 saturated carbocycles. The van der Waals surface area contributed by atoms with Crippen molar-refractivity contribution in [2.24, 2.45) is 0 Å². The van der Waals surface area contributed by atoms with Gasteiger partial charge in [0.25, 0.3) is 11.6 Å². The van der Waals surface area contributed by atoms with Crippen molar-refractivity contribution in [1.82, 2.24) is 0 Å². The molecule has 0 unspecified atom stereocenters. The van der Waals surface area contributed by atoms with Crippen LogP contribution in [0.15, 0.2) is 66.2 Å². The quantitative estimate of drug-likeness (QED) is 0.154. The van der Waals surface area contributed by atoms with E-state index in [9.17, 15) is 25.0 Å². The van der Waals surface area contributed by atoms with Crippen LogP contribution in [-0.2, 0) is 11.4 Å². The predicted molar refractivity (Wildman–Crippen MR) is 136 cm³/mol. The molecule has 0 aromatic heterocycles. The average Bonchev–Trinajstić information content (AvgIpc) is 2.87. The summed E-state index contributed by atoms with van der Waals surface area (Å²) in [5, 5.41) is 32.1. The van der Waals surface area contributed by atoms with Crippen LogP contribution in [0, 0.1) is 21.4 Å². The second-order valence-corrected chi connectivity index (χ2v) is 7.89. The lowest BCUT2D eigenvalue weighted by Gasteiger charge is -2.15. The van der Waals surface area contributed by atoms with Gasteiger partial charge in [0.1, 0.15) is 18.2 Å². The molecule has 0 aliphatic rings. The molecule has 188 valence electrons. The Morgan fingerprint density at radius 2 is 1.89 bits per heavy atom. The van der Waals surface area contributed by atoms with E-state index in [2.05, 4.69) is 5.32 Å². The molecular formula is C26H20ClN3O7. The lowest BCUT2D eigenvalue weighted by molar-refractivity contribution is -0.384. The van der Waals surface area contributed by atoms with Gasteiger partial charge in [0.05, 0.1) is 22.1 Å². The first-order chi connectivity index (χ1) is 17.7. The van der Waals surface area contributed by atoms with Crippen LogP contribution < -0.4 is 14.8 Å². The summed E-state index contributed by atoms with van der Waals surface area (Å²) in [6.45, 7) is 2.10. The number of amides is 1. The Morgan fingerprint density at radius 3 is 2.51 bits per heavy atom. The number of hydrogen-bond donors (Lipinski definition) is 2. The van der Waals surface area contributed by atoms with E-state index in [-0.39, 0.29) is 52.2 Å². The molecule has 3 aromatic rings. The van der Waals surface area contributed by atoms with Gasteiger partial charge in [0.15, 0.2) is 11.5 Å². The third-order valence-corrected chi connectivity index (χ3v) is 5.19. The number of halogens is 1. The van der Waals surface area contributed by atoms with Crippen LogP contribution in [0.4, 0.5) is 11.4 Å². The molecule has 3 aromatic carbocycles. The standard InChI is InChI=1S/C26H20ClN3O7/c1-2-36-23-12-17(10-19(14-28)25(31)29-20-5-3-4-18(13-20)26(32)33)11-22(27)24(23)37-15-16-6-8-21(9-7-16)30(34)35/h3-13H,2,15H2,1H3,(H,29,31)(H,32,33)/b19-10-. The van der Waals surface area contributed by atoms with E-state index in [1.807, 2.05) is 6.07 Å². The number of carboxylic acid groups (broad SMARTS) is 1. The van der Waals surface area contributed by atoms with Gasteiger partial charge in [-0.1, -0.05) is 17.7 Å². The summed E-state index contributed by atoms with van der Waals surface area (Å²) in [7, 11) is 0. The Bertz CT molecular complexity index is 1410. The zero-order chi connectivity index (χ0) is 26.9. The summed E-state index contributed by atoms with van der Waals surface area (Å²) in [5.41, 5.74) is 0.969. The van der Waals surface area contributed by atoms with Gasteiger partial charge in [0, 0.05) is 17.8 Å². The number of hydrogen-bond acceptors (Lipinski definition) is 7. The third-order valence-electron chi connectivity index (χ3n) is 4.91. The molecule has 0 bridgehead atoms. The van der Waals surface area contributed by atoms with Crippen molar-refractivity contribution >= 4 is 40.9 Å². The molecule has 0 aliphatic carbocycles. The minimum Gasteiger partial charge on any atom is -0.490 e. The molecule has 1 amide bonds. The summed E-state index contributed by atoms with van der Waals surface area (Å²) in [4.78, 5) is 34.1. The first-order valence-corrected chi connectivity index (χ1v) is 11.2. The molecule has 11 heteroatoms. The number of carboxylic acids is 1. The second kappa shape index (κ2) is 12.2. The topological polar surface area (TPSA) is 152 Å². The number of nitro benzene ring substituents is 1. The van der Waals surface area contributed by atoms with E-state index in [1.165, 1.54) is 48.5 Å². The average molecular weight is 522 g/mol. The van der Waals surface area contributed by atoms with E-state index >= 15 is 0 Å². The smallest absolute Gasteiger partial charge is 0.335 e. The number of nitro groups is 1. The maximum Gasteiger partial charge on any atom is 0.335 e. The van der Waals surface area contributed by atoms with Crippen LogP contribution in [0.25, 0.3) is 6.08 Å². The normalized spacial score (nSPS) is 10.8. The molecule has 0 fully saturated rings. The van der Waals surface area contributed by atoms with E-state index in [1.54, 1.807) is 25.1 Å². The van der Waals surface area contributed by atoms with Gasteiger partial charge >= 0.3 is 5.97 Å². The number of non-ortho nitro benzene ring substituents is 1. The van der Waals surface area contributed by atoms with Crippen molar-refractivity contribution in [2.45, 2.75) is 13.5 Å². The van der Waals surface area contributed by atoms with Gasteiger partial charge in [-0.25, -0.2) is 4.79 Å². The monoisotopic (exact) mass is 521 g/mol. The first kappa shape index (κ1) is 26.7. The van der Waals surface area contributed by atoms with Crippen LogP contribution >= 0.6 is 11.6 Å². The number of nitriles is 1. The van der Waals surface area contributed by atoms with E-state index in [0.717, 1.165) is 0 Å². The van der Waals surface area contributed by atoms with Crippen LogP contribution in [-0.4, -0.2) is 28.5 Å². The Kier molecular flexibility index (Phi) is 8.81. The maximum absolute atomic E-state index is 12.6. The van der Waals surface area contributed by atoms with Gasteiger partial charge in [-0.2, -0.15) is 5.26 Å². The third kappa shape index (κ3) is 7.06. The summed E-state index contributed by atoms with van der Waals surface area (Å²) in [6.07, 6.45) is 1.31. The number of carbonyl (C=O) groups is 2. The number of rotatable bonds is 10. The number of nitrogens with zero attached hydrogens (tertiary/aromatic N) is 2. The summed E-state index contributed by atoms with van der Waals surface area (Å²) < 4.78 is 11.4. The number of nitrogens with one attached hydrogen (secondary N) is 1. The molecule has 0 aliphatic heterocycles. The number of benzene rings is 3. The molecule has 10 nitrogen and oxygen atoms in total. The molecule has 0 atom stereocenters. The van der Waals surface area contributed by atoms with Gasteiger partial charge in [0.2, 0.25) is 0 Å². The molecule has 3 rings (SSSR count). The van der Waals surface area contributed by atoms with Crippen LogP contribution in [0.3, 0.4) is 0 Å². The fourth-order valence-electron chi connectivity index (χ4n) is 3.19. The Morgan fingerprint density at radius 1 is 1.16 bits per heavy atom. The summed E-state index contributed by atoms with van der Waals surface area (Å²) >= 11 is 6.42. The lowest BCUT2D eigenvalue weighted by Crippen LogP contribution is -2.14. The van der Waals surface area contributed by atoms with Crippen LogP contribution in [0.2, 0.25) is 5.02 Å². The minimum absolute atomic E-state index is 0.0160. The number of anilines is 1. The SMILES string of the molecule is CCOc1cc(/C=C(/C#N)C(=O)Nc2cccc(C(=O)O)c2)cc(Cl)c1OCc1ccc([N+](=O)[O-])cc1.